The SMILES string of the molecule is CCN(CC)CCCC(C)NC(=NC)NCC(C)c1cccc(C)c1.I. The number of hydrogen-bond donors (Lipinski definition) is 2. The molecule has 0 saturated carbocycles. The number of nitrogens with one attached hydrogen (secondary N) is 2. The second-order valence-electron chi connectivity index (χ2n) is 6.98. The van der Waals surface area contributed by atoms with Crippen molar-refractivity contribution in [2.75, 3.05) is 33.2 Å². The average molecular weight is 474 g/mol. The van der Waals surface area contributed by atoms with E-state index in [-0.39, 0.29) is 24.0 Å². The Balaban J connectivity index is 0.00000625. The number of benzene rings is 1. The number of halogens is 1. The van der Waals surface area contributed by atoms with Gasteiger partial charge in [0.2, 0.25) is 0 Å². The van der Waals surface area contributed by atoms with E-state index in [0.717, 1.165) is 32.0 Å². The van der Waals surface area contributed by atoms with Crippen molar-refractivity contribution in [2.45, 2.75) is 59.4 Å². The Hall–Kier alpha value is -0.820. The smallest absolute Gasteiger partial charge is 0.191 e. The zero-order valence-electron chi connectivity index (χ0n) is 17.5. The molecule has 1 rings (SSSR count). The van der Waals surface area contributed by atoms with Gasteiger partial charge in [0.05, 0.1) is 0 Å². The molecule has 0 spiro atoms. The maximum Gasteiger partial charge on any atom is 0.191 e. The minimum Gasteiger partial charge on any atom is -0.356 e. The Morgan fingerprint density at radius 1 is 1.19 bits per heavy atom. The molecule has 0 saturated heterocycles. The minimum atomic E-state index is 0. The van der Waals surface area contributed by atoms with Crippen molar-refractivity contribution < 1.29 is 0 Å². The molecule has 0 amide bonds. The highest BCUT2D eigenvalue weighted by Gasteiger charge is 2.09. The van der Waals surface area contributed by atoms with Crippen LogP contribution in [0.15, 0.2) is 29.3 Å². The molecule has 0 aliphatic heterocycles. The lowest BCUT2D eigenvalue weighted by Crippen LogP contribution is -2.43. The highest BCUT2D eigenvalue weighted by atomic mass is 127. The molecule has 0 radical (unpaired) electrons. The summed E-state index contributed by atoms with van der Waals surface area (Å²) in [4.78, 5) is 6.85. The van der Waals surface area contributed by atoms with Crippen molar-refractivity contribution in [1.82, 2.24) is 15.5 Å². The summed E-state index contributed by atoms with van der Waals surface area (Å²) in [5.41, 5.74) is 2.68. The van der Waals surface area contributed by atoms with Crippen molar-refractivity contribution in [3.05, 3.63) is 35.4 Å². The van der Waals surface area contributed by atoms with E-state index in [4.69, 9.17) is 0 Å². The monoisotopic (exact) mass is 474 g/mol. The van der Waals surface area contributed by atoms with Crippen molar-refractivity contribution in [2.24, 2.45) is 4.99 Å². The molecule has 150 valence electrons. The van der Waals surface area contributed by atoms with Crippen molar-refractivity contribution in [3.63, 3.8) is 0 Å². The molecule has 0 heterocycles. The average Bonchev–Trinajstić information content (AvgIpc) is 2.62. The third-order valence-corrected chi connectivity index (χ3v) is 4.80. The van der Waals surface area contributed by atoms with Crippen LogP contribution in [0.25, 0.3) is 0 Å². The molecule has 26 heavy (non-hydrogen) atoms. The lowest BCUT2D eigenvalue weighted by molar-refractivity contribution is 0.292. The summed E-state index contributed by atoms with van der Waals surface area (Å²) in [7, 11) is 1.84. The van der Waals surface area contributed by atoms with E-state index in [1.807, 2.05) is 7.05 Å². The fraction of sp³-hybridized carbons (Fsp3) is 0.667. The molecule has 0 aliphatic carbocycles. The Morgan fingerprint density at radius 3 is 2.46 bits per heavy atom. The molecule has 0 aliphatic rings. The summed E-state index contributed by atoms with van der Waals surface area (Å²) in [5.74, 6) is 1.35. The van der Waals surface area contributed by atoms with E-state index in [0.29, 0.717) is 12.0 Å². The summed E-state index contributed by atoms with van der Waals surface area (Å²) < 4.78 is 0. The predicted octanol–water partition coefficient (Wildman–Crippen LogP) is 4.39. The first-order valence-electron chi connectivity index (χ1n) is 9.76. The number of nitrogens with zero attached hydrogens (tertiary/aromatic N) is 2. The molecule has 0 aromatic heterocycles. The molecule has 0 bridgehead atoms. The van der Waals surface area contributed by atoms with E-state index in [2.05, 4.69) is 79.4 Å². The third kappa shape index (κ3) is 9.76. The fourth-order valence-electron chi connectivity index (χ4n) is 3.01. The van der Waals surface area contributed by atoms with E-state index < -0.39 is 0 Å². The topological polar surface area (TPSA) is 39.7 Å². The van der Waals surface area contributed by atoms with Crippen LogP contribution in [-0.2, 0) is 0 Å². The number of rotatable bonds is 10. The van der Waals surface area contributed by atoms with Gasteiger partial charge in [-0.15, -0.1) is 24.0 Å². The molecule has 5 heteroatoms. The van der Waals surface area contributed by atoms with Crippen molar-refractivity contribution in [1.29, 1.82) is 0 Å². The summed E-state index contributed by atoms with van der Waals surface area (Å²) in [6.45, 7) is 15.4. The number of guanidine groups is 1. The lowest BCUT2D eigenvalue weighted by atomic mass is 9.99. The van der Waals surface area contributed by atoms with Gasteiger partial charge in [-0.25, -0.2) is 0 Å². The normalized spacial score (nSPS) is 13.9. The zero-order valence-corrected chi connectivity index (χ0v) is 19.8. The molecule has 4 nitrogen and oxygen atoms in total. The summed E-state index contributed by atoms with van der Waals surface area (Å²) >= 11 is 0. The van der Waals surface area contributed by atoms with Crippen LogP contribution in [0.4, 0.5) is 0 Å². The molecule has 1 aromatic carbocycles. The largest absolute Gasteiger partial charge is 0.356 e. The van der Waals surface area contributed by atoms with E-state index in [1.165, 1.54) is 24.1 Å². The van der Waals surface area contributed by atoms with Crippen LogP contribution in [0.5, 0.6) is 0 Å². The minimum absolute atomic E-state index is 0. The maximum atomic E-state index is 4.37. The van der Waals surface area contributed by atoms with Gasteiger partial charge in [-0.1, -0.05) is 50.6 Å². The fourth-order valence-corrected chi connectivity index (χ4v) is 3.01. The van der Waals surface area contributed by atoms with E-state index in [1.54, 1.807) is 0 Å². The molecular formula is C21H39IN4. The summed E-state index contributed by atoms with van der Waals surface area (Å²) in [6, 6.07) is 9.16. The van der Waals surface area contributed by atoms with Gasteiger partial charge < -0.3 is 15.5 Å². The van der Waals surface area contributed by atoms with Gasteiger partial charge in [-0.05, 0) is 57.8 Å². The van der Waals surface area contributed by atoms with Crippen molar-refractivity contribution in [3.8, 4) is 0 Å². The maximum absolute atomic E-state index is 4.37. The van der Waals surface area contributed by atoms with Gasteiger partial charge in [0.25, 0.3) is 0 Å². The number of aryl methyl sites for hydroxylation is 1. The first-order valence-corrected chi connectivity index (χ1v) is 9.76. The van der Waals surface area contributed by atoms with Crippen molar-refractivity contribution >= 4 is 29.9 Å². The van der Waals surface area contributed by atoms with Gasteiger partial charge in [-0.2, -0.15) is 0 Å². The molecule has 2 atom stereocenters. The molecule has 1 aromatic rings. The second kappa shape index (κ2) is 14.3. The summed E-state index contributed by atoms with van der Waals surface area (Å²) in [5, 5.41) is 6.98. The quantitative estimate of drug-likeness (QED) is 0.300. The van der Waals surface area contributed by atoms with Gasteiger partial charge in [0.15, 0.2) is 5.96 Å². The second-order valence-corrected chi connectivity index (χ2v) is 6.98. The lowest BCUT2D eigenvalue weighted by Gasteiger charge is -2.22. The van der Waals surface area contributed by atoms with Crippen LogP contribution in [-0.4, -0.2) is 50.1 Å². The predicted molar refractivity (Wildman–Crippen MR) is 126 cm³/mol. The van der Waals surface area contributed by atoms with Gasteiger partial charge >= 0.3 is 0 Å². The molecule has 2 N–H and O–H groups in total. The Morgan fingerprint density at radius 2 is 1.88 bits per heavy atom. The van der Waals surface area contributed by atoms with Gasteiger partial charge in [0, 0.05) is 19.6 Å². The standard InChI is InChI=1S/C21H38N4.HI/c1-7-25(8-2)14-10-12-19(5)24-21(22-6)23-16-18(4)20-13-9-11-17(3)15-20;/h9,11,13,15,18-19H,7-8,10,12,14,16H2,1-6H3,(H2,22,23,24);1H. The van der Waals surface area contributed by atoms with E-state index in [9.17, 15) is 0 Å². The van der Waals surface area contributed by atoms with Crippen LogP contribution >= 0.6 is 24.0 Å². The first-order chi connectivity index (χ1) is 12.0. The van der Waals surface area contributed by atoms with E-state index >= 15 is 0 Å². The van der Waals surface area contributed by atoms with Crippen LogP contribution in [0.1, 0.15) is 57.6 Å². The van der Waals surface area contributed by atoms with Crippen LogP contribution < -0.4 is 10.6 Å². The van der Waals surface area contributed by atoms with Crippen LogP contribution in [0.2, 0.25) is 0 Å². The first kappa shape index (κ1) is 25.2. The van der Waals surface area contributed by atoms with Crippen LogP contribution in [0, 0.1) is 6.92 Å². The zero-order chi connectivity index (χ0) is 18.7. The third-order valence-electron chi connectivity index (χ3n) is 4.80. The Labute approximate surface area is 178 Å². The molecule has 0 fully saturated rings. The van der Waals surface area contributed by atoms with Gasteiger partial charge in [-0.3, -0.25) is 4.99 Å². The number of aliphatic imine (C=N–C) groups is 1. The molecule has 2 unspecified atom stereocenters. The van der Waals surface area contributed by atoms with Gasteiger partial charge in [0.1, 0.15) is 0 Å². The Kier molecular flexibility index (Phi) is 13.8. The summed E-state index contributed by atoms with van der Waals surface area (Å²) in [6.07, 6.45) is 2.37. The highest BCUT2D eigenvalue weighted by molar-refractivity contribution is 14.0. The van der Waals surface area contributed by atoms with Crippen LogP contribution in [0.3, 0.4) is 0 Å². The Bertz CT molecular complexity index is 514. The number of hydrogen-bond acceptors (Lipinski definition) is 2. The highest BCUT2D eigenvalue weighted by Crippen LogP contribution is 2.15. The molecular weight excluding hydrogens is 435 g/mol.